The zero-order chi connectivity index (χ0) is 22.2. The smallest absolute Gasteiger partial charge is 0.240 e. The van der Waals surface area contributed by atoms with Crippen LogP contribution in [0.25, 0.3) is 10.8 Å². The van der Waals surface area contributed by atoms with Crippen molar-refractivity contribution in [3.8, 4) is 5.75 Å². The highest BCUT2D eigenvalue weighted by molar-refractivity contribution is 6.31. The Hall–Kier alpha value is -3.63. The molecule has 1 unspecified atom stereocenters. The van der Waals surface area contributed by atoms with Gasteiger partial charge in [0.15, 0.2) is 6.21 Å². The SMILES string of the molecule is CN1C(=O)C(Cc2ccc3ccccc3c2)C=[N+](c2ccc(O)cc2)c2cc(Cl)ccc21. The van der Waals surface area contributed by atoms with Crippen LogP contribution in [-0.4, -0.2) is 24.3 Å². The van der Waals surface area contributed by atoms with Gasteiger partial charge in [0.25, 0.3) is 0 Å². The predicted octanol–water partition coefficient (Wildman–Crippen LogP) is 5.94. The van der Waals surface area contributed by atoms with Crippen molar-refractivity contribution >= 4 is 51.6 Å². The summed E-state index contributed by atoms with van der Waals surface area (Å²) in [4.78, 5) is 15.2. The molecule has 1 atom stereocenters. The molecule has 0 saturated heterocycles. The summed E-state index contributed by atoms with van der Waals surface area (Å²) < 4.78 is 1.99. The first-order valence-electron chi connectivity index (χ1n) is 10.5. The number of phenols is 1. The fraction of sp³-hybridized carbons (Fsp3) is 0.111. The van der Waals surface area contributed by atoms with Gasteiger partial charge in [-0.25, -0.2) is 0 Å². The third-order valence-corrected chi connectivity index (χ3v) is 6.17. The first kappa shape index (κ1) is 20.3. The molecule has 1 amide bonds. The van der Waals surface area contributed by atoms with E-state index in [1.54, 1.807) is 30.1 Å². The Morgan fingerprint density at radius 1 is 0.938 bits per heavy atom. The van der Waals surface area contributed by atoms with E-state index >= 15 is 0 Å². The second-order valence-corrected chi connectivity index (χ2v) is 8.49. The molecule has 5 heteroatoms. The van der Waals surface area contributed by atoms with Gasteiger partial charge in [0.1, 0.15) is 17.4 Å². The number of halogens is 1. The summed E-state index contributed by atoms with van der Waals surface area (Å²) >= 11 is 6.33. The summed E-state index contributed by atoms with van der Waals surface area (Å²) in [6.45, 7) is 0. The number of anilines is 1. The van der Waals surface area contributed by atoms with Crippen LogP contribution in [0.5, 0.6) is 5.75 Å². The molecule has 0 radical (unpaired) electrons. The summed E-state index contributed by atoms with van der Waals surface area (Å²) in [7, 11) is 1.80. The average molecular weight is 442 g/mol. The van der Waals surface area contributed by atoms with Gasteiger partial charge < -0.3 is 10.0 Å². The van der Waals surface area contributed by atoms with Gasteiger partial charge in [0, 0.05) is 30.3 Å². The summed E-state index contributed by atoms with van der Waals surface area (Å²) in [6, 6.07) is 27.0. The monoisotopic (exact) mass is 441 g/mol. The third kappa shape index (κ3) is 3.74. The minimum atomic E-state index is -0.374. The van der Waals surface area contributed by atoms with Crippen LogP contribution in [0.2, 0.25) is 5.02 Å². The lowest BCUT2D eigenvalue weighted by Gasteiger charge is -2.18. The maximum atomic E-state index is 13.5. The number of benzene rings is 4. The first-order valence-corrected chi connectivity index (χ1v) is 10.9. The van der Waals surface area contributed by atoms with Crippen molar-refractivity contribution < 1.29 is 9.90 Å². The zero-order valence-electron chi connectivity index (χ0n) is 17.6. The number of carbonyl (C=O) groups excluding carboxylic acids is 1. The van der Waals surface area contributed by atoms with Crippen molar-refractivity contribution in [2.75, 3.05) is 11.9 Å². The Bertz CT molecular complexity index is 1360. The van der Waals surface area contributed by atoms with E-state index in [-0.39, 0.29) is 17.6 Å². The first-order chi connectivity index (χ1) is 15.5. The Balaban J connectivity index is 1.63. The van der Waals surface area contributed by atoms with Crippen molar-refractivity contribution in [2.24, 2.45) is 5.92 Å². The van der Waals surface area contributed by atoms with E-state index < -0.39 is 0 Å². The molecule has 1 N–H and O–H groups in total. The Kier molecular flexibility index (Phi) is 5.16. The van der Waals surface area contributed by atoms with E-state index in [4.69, 9.17) is 11.6 Å². The number of fused-ring (bicyclic) bond motifs is 2. The Morgan fingerprint density at radius 2 is 1.69 bits per heavy atom. The molecule has 5 rings (SSSR count). The maximum Gasteiger partial charge on any atom is 0.240 e. The number of aromatic hydroxyl groups is 1. The van der Waals surface area contributed by atoms with Crippen molar-refractivity contribution in [1.82, 2.24) is 4.58 Å². The van der Waals surface area contributed by atoms with Crippen LogP contribution < -0.4 is 9.48 Å². The van der Waals surface area contributed by atoms with Crippen molar-refractivity contribution in [3.05, 3.63) is 95.5 Å². The van der Waals surface area contributed by atoms with E-state index in [2.05, 4.69) is 30.3 Å². The number of amides is 1. The highest BCUT2D eigenvalue weighted by Crippen LogP contribution is 2.36. The average Bonchev–Trinajstić information content (AvgIpc) is 2.90. The quantitative estimate of drug-likeness (QED) is 0.400. The standard InChI is InChI=1S/C27H21ClN2O2/c1-29-25-13-8-22(28)16-26(25)30(23-9-11-24(31)12-10-23)17-21(27(29)32)15-18-6-7-19-4-2-3-5-20(19)14-18/h2-14,16-17,21H,15H2,1H3/p+1. The maximum absolute atomic E-state index is 13.5. The molecule has 4 aromatic carbocycles. The van der Waals surface area contributed by atoms with E-state index in [9.17, 15) is 9.90 Å². The van der Waals surface area contributed by atoms with Crippen LogP contribution in [0.1, 0.15) is 5.56 Å². The molecule has 158 valence electrons. The van der Waals surface area contributed by atoms with Gasteiger partial charge in [-0.15, -0.1) is 0 Å². The molecular formula is C27H22ClN2O2+. The fourth-order valence-corrected chi connectivity index (χ4v) is 4.43. The molecule has 0 spiro atoms. The largest absolute Gasteiger partial charge is 0.508 e. The third-order valence-electron chi connectivity index (χ3n) is 5.93. The molecule has 0 fully saturated rings. The summed E-state index contributed by atoms with van der Waals surface area (Å²) in [6.07, 6.45) is 2.53. The number of hydrogen-bond acceptors (Lipinski definition) is 2. The number of hydrogen-bond donors (Lipinski definition) is 1. The molecule has 1 heterocycles. The summed E-state index contributed by atoms with van der Waals surface area (Å²) in [5.41, 5.74) is 3.55. The van der Waals surface area contributed by atoms with Crippen LogP contribution >= 0.6 is 11.6 Å². The van der Waals surface area contributed by atoms with E-state index in [1.807, 2.05) is 47.2 Å². The number of nitrogens with zero attached hydrogens (tertiary/aromatic N) is 2. The van der Waals surface area contributed by atoms with Crippen molar-refractivity contribution in [3.63, 3.8) is 0 Å². The Labute approximate surface area is 191 Å². The minimum absolute atomic E-state index is 0.0167. The molecule has 0 aromatic heterocycles. The van der Waals surface area contributed by atoms with Crippen molar-refractivity contribution in [2.45, 2.75) is 6.42 Å². The van der Waals surface area contributed by atoms with Gasteiger partial charge in [-0.3, -0.25) is 4.79 Å². The Morgan fingerprint density at radius 3 is 2.47 bits per heavy atom. The number of rotatable bonds is 3. The van der Waals surface area contributed by atoms with Crippen LogP contribution in [0.4, 0.5) is 17.1 Å². The van der Waals surface area contributed by atoms with E-state index in [0.29, 0.717) is 11.4 Å². The van der Waals surface area contributed by atoms with Gasteiger partial charge in [0.2, 0.25) is 17.3 Å². The molecule has 0 saturated carbocycles. The van der Waals surface area contributed by atoms with Gasteiger partial charge >= 0.3 is 0 Å². The normalized spacial score (nSPS) is 15.9. The molecule has 4 nitrogen and oxygen atoms in total. The summed E-state index contributed by atoms with van der Waals surface area (Å²) in [5.74, 6) is -0.167. The van der Waals surface area contributed by atoms with Crippen molar-refractivity contribution in [1.29, 1.82) is 0 Å². The fourth-order valence-electron chi connectivity index (χ4n) is 4.26. The van der Waals surface area contributed by atoms with Gasteiger partial charge in [-0.05, 0) is 47.0 Å². The topological polar surface area (TPSA) is 43.5 Å². The predicted molar refractivity (Wildman–Crippen MR) is 132 cm³/mol. The van der Waals surface area contributed by atoms with Gasteiger partial charge in [-0.1, -0.05) is 54.1 Å². The van der Waals surface area contributed by atoms with E-state index in [0.717, 1.165) is 28.0 Å². The second kappa shape index (κ2) is 8.13. The zero-order valence-corrected chi connectivity index (χ0v) is 18.3. The molecule has 0 bridgehead atoms. The lowest BCUT2D eigenvalue weighted by atomic mass is 9.96. The van der Waals surface area contributed by atoms with Crippen LogP contribution in [-0.2, 0) is 11.2 Å². The van der Waals surface area contributed by atoms with Gasteiger partial charge in [0.05, 0.1) is 0 Å². The number of carbonyl (C=O) groups is 1. The molecule has 32 heavy (non-hydrogen) atoms. The van der Waals surface area contributed by atoms with E-state index in [1.165, 1.54) is 5.39 Å². The molecular weight excluding hydrogens is 420 g/mol. The highest BCUT2D eigenvalue weighted by Gasteiger charge is 2.34. The van der Waals surface area contributed by atoms with Gasteiger partial charge in [-0.2, -0.15) is 4.58 Å². The van der Waals surface area contributed by atoms with Crippen LogP contribution in [0, 0.1) is 5.92 Å². The summed E-state index contributed by atoms with van der Waals surface area (Å²) in [5, 5.41) is 12.7. The molecule has 4 aromatic rings. The lowest BCUT2D eigenvalue weighted by Crippen LogP contribution is -2.34. The van der Waals surface area contributed by atoms with Crippen LogP contribution in [0.3, 0.4) is 0 Å². The molecule has 1 aliphatic heterocycles. The second-order valence-electron chi connectivity index (χ2n) is 8.06. The minimum Gasteiger partial charge on any atom is -0.508 e. The number of phenolic OH excluding ortho intramolecular Hbond substituents is 1. The molecule has 0 aliphatic carbocycles. The highest BCUT2D eigenvalue weighted by atomic mass is 35.5. The molecule has 1 aliphatic rings. The lowest BCUT2D eigenvalue weighted by molar-refractivity contribution is -0.120. The van der Waals surface area contributed by atoms with Crippen LogP contribution in [0.15, 0.2) is 84.9 Å².